The van der Waals surface area contributed by atoms with Crippen molar-refractivity contribution in [2.45, 2.75) is 33.7 Å². The molecule has 0 aromatic carbocycles. The molecule has 0 fully saturated rings. The summed E-state index contributed by atoms with van der Waals surface area (Å²) in [5, 5.41) is 15.0. The Bertz CT molecular complexity index is 399. The van der Waals surface area contributed by atoms with Crippen molar-refractivity contribution in [3.8, 4) is 0 Å². The molecule has 0 aliphatic heterocycles. The third-order valence-electron chi connectivity index (χ3n) is 2.87. The number of hydrogen-bond donors (Lipinski definition) is 3. The molecular weight excluding hydrogens is 230 g/mol. The summed E-state index contributed by atoms with van der Waals surface area (Å²) < 4.78 is 0. The lowest BCUT2D eigenvalue weighted by Crippen LogP contribution is -2.34. The van der Waals surface area contributed by atoms with Gasteiger partial charge in [-0.3, -0.25) is 9.97 Å². The average Bonchev–Trinajstić information content (AvgIpc) is 2.35. The van der Waals surface area contributed by atoms with E-state index in [9.17, 15) is 0 Å². The van der Waals surface area contributed by atoms with Crippen LogP contribution < -0.4 is 11.1 Å². The van der Waals surface area contributed by atoms with Crippen molar-refractivity contribution in [2.75, 3.05) is 6.54 Å². The zero-order valence-corrected chi connectivity index (χ0v) is 11.1. The molecule has 18 heavy (non-hydrogen) atoms. The van der Waals surface area contributed by atoms with E-state index < -0.39 is 0 Å². The van der Waals surface area contributed by atoms with Gasteiger partial charge >= 0.3 is 0 Å². The first-order valence-electron chi connectivity index (χ1n) is 5.92. The second kappa shape index (κ2) is 6.30. The van der Waals surface area contributed by atoms with E-state index in [0.717, 1.165) is 24.4 Å². The molecule has 0 bridgehead atoms. The van der Waals surface area contributed by atoms with Crippen molar-refractivity contribution < 1.29 is 5.21 Å². The maximum Gasteiger partial charge on any atom is 0.144 e. The van der Waals surface area contributed by atoms with Crippen LogP contribution in [0.15, 0.2) is 17.5 Å². The summed E-state index contributed by atoms with van der Waals surface area (Å²) in [5.41, 5.74) is 7.11. The molecule has 0 aliphatic carbocycles. The van der Waals surface area contributed by atoms with E-state index in [1.807, 2.05) is 20.8 Å². The molecule has 1 rings (SSSR count). The number of amidine groups is 1. The van der Waals surface area contributed by atoms with Crippen molar-refractivity contribution >= 4 is 5.84 Å². The second-order valence-electron chi connectivity index (χ2n) is 4.95. The largest absolute Gasteiger partial charge is 0.409 e. The Morgan fingerprint density at radius 1 is 1.44 bits per heavy atom. The van der Waals surface area contributed by atoms with Gasteiger partial charge in [0.2, 0.25) is 0 Å². The molecule has 0 atom stereocenters. The summed E-state index contributed by atoms with van der Waals surface area (Å²) in [6.45, 7) is 7.22. The molecule has 6 heteroatoms. The number of oxime groups is 1. The standard InChI is InChI=1S/C12H21N5O/c1-9-6-16-10(8-15-9)7-14-5-4-12(2,3)11(13)17-18/h6,8,14,18H,4-5,7H2,1-3H3,(H2,13,17). The topological polar surface area (TPSA) is 96.4 Å². The number of nitrogens with one attached hydrogen (secondary N) is 1. The first kappa shape index (κ1) is 14.4. The number of aryl methyl sites for hydroxylation is 1. The summed E-state index contributed by atoms with van der Waals surface area (Å²) in [6.07, 6.45) is 4.29. The van der Waals surface area contributed by atoms with Crippen LogP contribution in [0, 0.1) is 12.3 Å². The third-order valence-corrected chi connectivity index (χ3v) is 2.87. The average molecular weight is 251 g/mol. The number of rotatable bonds is 6. The zero-order valence-electron chi connectivity index (χ0n) is 11.1. The molecule has 0 amide bonds. The second-order valence-corrected chi connectivity index (χ2v) is 4.95. The summed E-state index contributed by atoms with van der Waals surface area (Å²) in [7, 11) is 0. The fourth-order valence-corrected chi connectivity index (χ4v) is 1.39. The van der Waals surface area contributed by atoms with Crippen LogP contribution in [-0.4, -0.2) is 27.6 Å². The Morgan fingerprint density at radius 2 is 2.17 bits per heavy atom. The van der Waals surface area contributed by atoms with Gasteiger partial charge in [0.1, 0.15) is 5.84 Å². The van der Waals surface area contributed by atoms with E-state index in [1.54, 1.807) is 12.4 Å². The van der Waals surface area contributed by atoms with Gasteiger partial charge in [0.05, 0.1) is 11.4 Å². The molecule has 0 unspecified atom stereocenters. The van der Waals surface area contributed by atoms with Crippen LogP contribution >= 0.6 is 0 Å². The van der Waals surface area contributed by atoms with Gasteiger partial charge < -0.3 is 16.3 Å². The minimum Gasteiger partial charge on any atom is -0.409 e. The monoisotopic (exact) mass is 251 g/mol. The SMILES string of the molecule is Cc1cnc(CNCCC(C)(C)C(N)=NO)cn1. The number of hydrogen-bond acceptors (Lipinski definition) is 5. The number of nitrogens with zero attached hydrogens (tertiary/aromatic N) is 3. The highest BCUT2D eigenvalue weighted by atomic mass is 16.4. The van der Waals surface area contributed by atoms with Crippen molar-refractivity contribution in [1.82, 2.24) is 15.3 Å². The first-order chi connectivity index (χ1) is 8.45. The van der Waals surface area contributed by atoms with E-state index in [-0.39, 0.29) is 11.3 Å². The fraction of sp³-hybridized carbons (Fsp3) is 0.583. The van der Waals surface area contributed by atoms with Crippen molar-refractivity contribution in [1.29, 1.82) is 0 Å². The highest BCUT2D eigenvalue weighted by Gasteiger charge is 2.22. The lowest BCUT2D eigenvalue weighted by atomic mass is 9.88. The Hall–Kier alpha value is -1.69. The smallest absolute Gasteiger partial charge is 0.144 e. The molecule has 4 N–H and O–H groups in total. The maximum atomic E-state index is 8.66. The molecule has 0 aliphatic rings. The van der Waals surface area contributed by atoms with E-state index in [4.69, 9.17) is 10.9 Å². The predicted molar refractivity (Wildman–Crippen MR) is 70.3 cm³/mol. The molecule has 1 heterocycles. The molecule has 100 valence electrons. The van der Waals surface area contributed by atoms with Crippen LogP contribution in [0.5, 0.6) is 0 Å². The van der Waals surface area contributed by atoms with Gasteiger partial charge in [-0.2, -0.15) is 0 Å². The zero-order chi connectivity index (χ0) is 13.6. The summed E-state index contributed by atoms with van der Waals surface area (Å²) in [5.74, 6) is 0.249. The Balaban J connectivity index is 2.33. The van der Waals surface area contributed by atoms with Gasteiger partial charge in [0, 0.05) is 24.4 Å². The minimum atomic E-state index is -0.319. The predicted octanol–water partition coefficient (Wildman–Crippen LogP) is 1.04. The van der Waals surface area contributed by atoms with Gasteiger partial charge in [-0.05, 0) is 19.9 Å². The maximum absolute atomic E-state index is 8.66. The molecule has 0 spiro atoms. The summed E-state index contributed by atoms with van der Waals surface area (Å²) >= 11 is 0. The van der Waals surface area contributed by atoms with E-state index in [1.165, 1.54) is 0 Å². The third kappa shape index (κ3) is 4.29. The first-order valence-corrected chi connectivity index (χ1v) is 5.92. The van der Waals surface area contributed by atoms with Crippen molar-refractivity contribution in [3.05, 3.63) is 23.8 Å². The van der Waals surface area contributed by atoms with Gasteiger partial charge in [-0.1, -0.05) is 19.0 Å². The lowest BCUT2D eigenvalue weighted by Gasteiger charge is -2.22. The molecule has 0 saturated carbocycles. The van der Waals surface area contributed by atoms with Crippen molar-refractivity contribution in [3.63, 3.8) is 0 Å². The van der Waals surface area contributed by atoms with Crippen LogP contribution in [0.4, 0.5) is 0 Å². The van der Waals surface area contributed by atoms with E-state index in [0.29, 0.717) is 6.54 Å². The number of aromatic nitrogens is 2. The van der Waals surface area contributed by atoms with E-state index in [2.05, 4.69) is 20.4 Å². The molecule has 1 aromatic heterocycles. The molecule has 0 radical (unpaired) electrons. The van der Waals surface area contributed by atoms with Crippen LogP contribution in [0.25, 0.3) is 0 Å². The van der Waals surface area contributed by atoms with Crippen LogP contribution in [0.1, 0.15) is 31.7 Å². The lowest BCUT2D eigenvalue weighted by molar-refractivity contribution is 0.305. The summed E-state index contributed by atoms with van der Waals surface area (Å²) in [6, 6.07) is 0. The Labute approximate surface area is 107 Å². The molecule has 6 nitrogen and oxygen atoms in total. The van der Waals surface area contributed by atoms with Crippen LogP contribution in [0.2, 0.25) is 0 Å². The minimum absolute atomic E-state index is 0.249. The quantitative estimate of drug-likeness (QED) is 0.231. The van der Waals surface area contributed by atoms with Gasteiger partial charge in [-0.15, -0.1) is 0 Å². The van der Waals surface area contributed by atoms with Crippen LogP contribution in [-0.2, 0) is 6.54 Å². The molecule has 0 saturated heterocycles. The normalized spacial score (nSPS) is 12.7. The fourth-order valence-electron chi connectivity index (χ4n) is 1.39. The van der Waals surface area contributed by atoms with Gasteiger partial charge in [-0.25, -0.2) is 0 Å². The Kier molecular flexibility index (Phi) is 5.03. The van der Waals surface area contributed by atoms with Crippen LogP contribution in [0.3, 0.4) is 0 Å². The van der Waals surface area contributed by atoms with Gasteiger partial charge in [0.25, 0.3) is 0 Å². The highest BCUT2D eigenvalue weighted by molar-refractivity contribution is 5.85. The van der Waals surface area contributed by atoms with Crippen molar-refractivity contribution in [2.24, 2.45) is 16.3 Å². The Morgan fingerprint density at radius 3 is 2.72 bits per heavy atom. The van der Waals surface area contributed by atoms with E-state index >= 15 is 0 Å². The number of nitrogens with two attached hydrogens (primary N) is 1. The summed E-state index contributed by atoms with van der Waals surface area (Å²) in [4.78, 5) is 8.42. The van der Waals surface area contributed by atoms with Gasteiger partial charge in [0.15, 0.2) is 0 Å². The molecular formula is C12H21N5O. The molecule has 1 aromatic rings. The highest BCUT2D eigenvalue weighted by Crippen LogP contribution is 2.19.